The first-order valence-electron chi connectivity index (χ1n) is 9.04. The average Bonchev–Trinajstić information content (AvgIpc) is 3.01. The first-order valence-corrected chi connectivity index (χ1v) is 9.04. The van der Waals surface area contributed by atoms with Crippen molar-refractivity contribution in [3.05, 3.63) is 59.5 Å². The summed E-state index contributed by atoms with van der Waals surface area (Å²) in [6, 6.07) is 11.7. The summed E-state index contributed by atoms with van der Waals surface area (Å²) in [4.78, 5) is 19.4. The summed E-state index contributed by atoms with van der Waals surface area (Å²) in [7, 11) is 3.47. The maximum absolute atomic E-state index is 13.0. The van der Waals surface area contributed by atoms with Crippen molar-refractivity contribution in [1.29, 1.82) is 0 Å². The fourth-order valence-electron chi connectivity index (χ4n) is 3.68. The van der Waals surface area contributed by atoms with Crippen LogP contribution in [0.4, 0.5) is 0 Å². The molecule has 0 aliphatic carbocycles. The lowest BCUT2D eigenvalue weighted by molar-refractivity contribution is -0.136. The third-order valence-corrected chi connectivity index (χ3v) is 5.12. The molecular formula is C21H23N3O3. The molecule has 27 heavy (non-hydrogen) atoms. The number of carbonyl (C=O) groups excluding carboxylic acids is 1. The number of hydrogen-bond acceptors (Lipinski definition) is 4. The van der Waals surface area contributed by atoms with Crippen LogP contribution in [0.1, 0.15) is 17.0 Å². The molecule has 0 radical (unpaired) electrons. The summed E-state index contributed by atoms with van der Waals surface area (Å²) in [5, 5.41) is 0. The van der Waals surface area contributed by atoms with Crippen molar-refractivity contribution < 1.29 is 14.3 Å². The molecule has 6 nitrogen and oxygen atoms in total. The molecule has 0 saturated heterocycles. The number of imidazole rings is 1. The van der Waals surface area contributed by atoms with E-state index < -0.39 is 0 Å². The Morgan fingerprint density at radius 1 is 1.33 bits per heavy atom. The van der Waals surface area contributed by atoms with E-state index in [-0.39, 0.29) is 11.8 Å². The van der Waals surface area contributed by atoms with Gasteiger partial charge in [-0.3, -0.25) is 4.79 Å². The molecule has 0 spiro atoms. The van der Waals surface area contributed by atoms with Gasteiger partial charge < -0.3 is 18.8 Å². The van der Waals surface area contributed by atoms with Gasteiger partial charge >= 0.3 is 0 Å². The Morgan fingerprint density at radius 2 is 2.19 bits per heavy atom. The van der Waals surface area contributed by atoms with Gasteiger partial charge in [-0.1, -0.05) is 18.2 Å². The van der Waals surface area contributed by atoms with Gasteiger partial charge in [0.15, 0.2) is 11.5 Å². The predicted octanol–water partition coefficient (Wildman–Crippen LogP) is 2.86. The Bertz CT molecular complexity index is 996. The highest BCUT2D eigenvalue weighted by Gasteiger charge is 2.30. The molecule has 3 heterocycles. The van der Waals surface area contributed by atoms with Crippen LogP contribution in [0.15, 0.2) is 42.6 Å². The summed E-state index contributed by atoms with van der Waals surface area (Å²) in [5.41, 5.74) is 3.88. The smallest absolute Gasteiger partial charge is 0.229 e. The van der Waals surface area contributed by atoms with Crippen molar-refractivity contribution in [1.82, 2.24) is 14.3 Å². The van der Waals surface area contributed by atoms with Crippen molar-refractivity contribution in [3.63, 3.8) is 0 Å². The van der Waals surface area contributed by atoms with E-state index in [1.165, 1.54) is 0 Å². The van der Waals surface area contributed by atoms with Gasteiger partial charge in [0.2, 0.25) is 5.91 Å². The van der Waals surface area contributed by atoms with Crippen LogP contribution < -0.4 is 9.47 Å². The largest absolute Gasteiger partial charge is 0.493 e. The van der Waals surface area contributed by atoms with E-state index in [4.69, 9.17) is 9.47 Å². The standard InChI is InChI=1S/C21H23N3O3/c1-14-17(24-10-5-4-9-19(24)22-14)12-23(2)21(25)16-11-15-7-6-8-18(26-3)20(15)27-13-16/h4-10,16H,11-13H2,1-3H3. The lowest BCUT2D eigenvalue weighted by atomic mass is 9.95. The Morgan fingerprint density at radius 3 is 3.00 bits per heavy atom. The van der Waals surface area contributed by atoms with Crippen molar-refractivity contribution in [2.24, 2.45) is 5.92 Å². The number of hydrogen-bond donors (Lipinski definition) is 0. The Balaban J connectivity index is 1.52. The molecule has 4 rings (SSSR count). The van der Waals surface area contributed by atoms with E-state index in [1.807, 2.05) is 61.0 Å². The van der Waals surface area contributed by atoms with Crippen molar-refractivity contribution in [2.75, 3.05) is 20.8 Å². The number of ether oxygens (including phenoxy) is 2. The first-order chi connectivity index (χ1) is 13.1. The number of rotatable bonds is 4. The van der Waals surface area contributed by atoms with E-state index in [0.29, 0.717) is 25.3 Å². The molecule has 0 N–H and O–H groups in total. The van der Waals surface area contributed by atoms with Crippen molar-refractivity contribution >= 4 is 11.6 Å². The fraction of sp³-hybridized carbons (Fsp3) is 0.333. The summed E-state index contributed by atoms with van der Waals surface area (Å²) in [6.07, 6.45) is 2.64. The van der Waals surface area contributed by atoms with Crippen LogP contribution in [0.2, 0.25) is 0 Å². The number of fused-ring (bicyclic) bond motifs is 2. The van der Waals surface area contributed by atoms with E-state index in [0.717, 1.165) is 28.3 Å². The Hall–Kier alpha value is -3.02. The maximum atomic E-state index is 13.0. The third-order valence-electron chi connectivity index (χ3n) is 5.12. The molecule has 0 saturated carbocycles. The predicted molar refractivity (Wildman–Crippen MR) is 102 cm³/mol. The minimum absolute atomic E-state index is 0.0775. The number of aromatic nitrogens is 2. The number of aryl methyl sites for hydroxylation is 1. The zero-order chi connectivity index (χ0) is 19.0. The summed E-state index contributed by atoms with van der Waals surface area (Å²) in [5.74, 6) is 1.35. The lowest BCUT2D eigenvalue weighted by Crippen LogP contribution is -2.38. The van der Waals surface area contributed by atoms with Gasteiger partial charge in [-0.25, -0.2) is 4.98 Å². The van der Waals surface area contributed by atoms with Crippen molar-refractivity contribution in [3.8, 4) is 11.5 Å². The summed E-state index contributed by atoms with van der Waals surface area (Å²) < 4.78 is 13.3. The molecule has 2 aromatic heterocycles. The quantitative estimate of drug-likeness (QED) is 0.713. The first kappa shape index (κ1) is 17.4. The van der Waals surface area contributed by atoms with E-state index >= 15 is 0 Å². The second-order valence-corrected chi connectivity index (χ2v) is 6.93. The highest BCUT2D eigenvalue weighted by molar-refractivity contribution is 5.79. The van der Waals surface area contributed by atoms with E-state index in [1.54, 1.807) is 12.0 Å². The van der Waals surface area contributed by atoms with Gasteiger partial charge in [0.25, 0.3) is 0 Å². The number of amides is 1. The van der Waals surface area contributed by atoms with E-state index in [9.17, 15) is 4.79 Å². The number of methoxy groups -OCH3 is 1. The molecule has 1 amide bonds. The highest BCUT2D eigenvalue weighted by atomic mass is 16.5. The second kappa shape index (κ2) is 6.95. The number of nitrogens with zero attached hydrogens (tertiary/aromatic N) is 3. The molecule has 3 aromatic rings. The van der Waals surface area contributed by atoms with Crippen LogP contribution in [-0.2, 0) is 17.8 Å². The zero-order valence-corrected chi connectivity index (χ0v) is 15.8. The number of carbonyl (C=O) groups is 1. The lowest BCUT2D eigenvalue weighted by Gasteiger charge is -2.29. The topological polar surface area (TPSA) is 56.1 Å². The van der Waals surface area contributed by atoms with Crippen LogP contribution in [0.3, 0.4) is 0 Å². The molecular weight excluding hydrogens is 342 g/mol. The highest BCUT2D eigenvalue weighted by Crippen LogP contribution is 2.36. The van der Waals surface area contributed by atoms with Crippen LogP contribution in [0.25, 0.3) is 5.65 Å². The fourth-order valence-corrected chi connectivity index (χ4v) is 3.68. The summed E-state index contributed by atoms with van der Waals surface area (Å²) in [6.45, 7) is 2.85. The number of benzene rings is 1. The molecule has 0 bridgehead atoms. The molecule has 140 valence electrons. The monoisotopic (exact) mass is 365 g/mol. The molecule has 1 aliphatic heterocycles. The summed E-state index contributed by atoms with van der Waals surface area (Å²) >= 11 is 0. The van der Waals surface area contributed by atoms with Crippen LogP contribution in [0.5, 0.6) is 11.5 Å². The van der Waals surface area contributed by atoms with Gasteiger partial charge in [-0.2, -0.15) is 0 Å². The molecule has 1 unspecified atom stereocenters. The number of pyridine rings is 1. The van der Waals surface area contributed by atoms with Gasteiger partial charge in [0, 0.05) is 13.2 Å². The molecule has 1 aromatic carbocycles. The van der Waals surface area contributed by atoms with Crippen LogP contribution in [0, 0.1) is 12.8 Å². The second-order valence-electron chi connectivity index (χ2n) is 6.93. The number of para-hydroxylation sites is 1. The Kier molecular flexibility index (Phi) is 4.48. The third kappa shape index (κ3) is 3.12. The minimum atomic E-state index is -0.200. The van der Waals surface area contributed by atoms with Crippen molar-refractivity contribution in [2.45, 2.75) is 19.9 Å². The molecule has 1 aliphatic rings. The van der Waals surface area contributed by atoms with Crippen LogP contribution >= 0.6 is 0 Å². The Labute approximate surface area is 158 Å². The normalized spacial score (nSPS) is 15.9. The SMILES string of the molecule is COc1cccc2c1OCC(C(=O)N(C)Cc1c(C)nc3ccccn13)C2. The maximum Gasteiger partial charge on any atom is 0.229 e. The van der Waals surface area contributed by atoms with Gasteiger partial charge in [-0.15, -0.1) is 0 Å². The average molecular weight is 365 g/mol. The van der Waals surface area contributed by atoms with Gasteiger partial charge in [0.05, 0.1) is 31.0 Å². The molecule has 1 atom stereocenters. The van der Waals surface area contributed by atoms with Crippen LogP contribution in [-0.4, -0.2) is 41.0 Å². The van der Waals surface area contributed by atoms with Gasteiger partial charge in [0.1, 0.15) is 12.3 Å². The minimum Gasteiger partial charge on any atom is -0.493 e. The zero-order valence-electron chi connectivity index (χ0n) is 15.8. The molecule has 0 fully saturated rings. The molecule has 6 heteroatoms. The van der Waals surface area contributed by atoms with E-state index in [2.05, 4.69) is 4.98 Å². The van der Waals surface area contributed by atoms with Gasteiger partial charge in [-0.05, 0) is 37.1 Å².